The maximum atomic E-state index is 11.0. The van der Waals surface area contributed by atoms with Gasteiger partial charge in [-0.25, -0.2) is 9.97 Å². The van der Waals surface area contributed by atoms with Crippen LogP contribution in [-0.2, 0) is 4.79 Å². The molecule has 1 aliphatic carbocycles. The first-order chi connectivity index (χ1) is 8.70. The Labute approximate surface area is 106 Å². The van der Waals surface area contributed by atoms with Crippen molar-refractivity contribution in [1.29, 1.82) is 0 Å². The second-order valence-electron chi connectivity index (χ2n) is 4.38. The van der Waals surface area contributed by atoms with E-state index in [1.54, 1.807) is 6.07 Å². The fourth-order valence-corrected chi connectivity index (χ4v) is 2.36. The Kier molecular flexibility index (Phi) is 3.96. The van der Waals surface area contributed by atoms with Crippen LogP contribution in [-0.4, -0.2) is 40.7 Å². The Morgan fingerprint density at radius 3 is 2.83 bits per heavy atom. The average molecular weight is 251 g/mol. The molecule has 6 heteroatoms. The minimum atomic E-state index is -0.848. The Morgan fingerprint density at radius 1 is 1.50 bits per heavy atom. The number of carboxylic acid groups (broad SMARTS) is 1. The summed E-state index contributed by atoms with van der Waals surface area (Å²) in [5, 5.41) is 9.02. The van der Waals surface area contributed by atoms with Gasteiger partial charge in [-0.15, -0.1) is 0 Å². The summed E-state index contributed by atoms with van der Waals surface area (Å²) in [5.74, 6) is 0.226. The van der Waals surface area contributed by atoms with Gasteiger partial charge in [0.25, 0.3) is 0 Å². The van der Waals surface area contributed by atoms with E-state index in [2.05, 4.69) is 9.97 Å². The van der Waals surface area contributed by atoms with E-state index >= 15 is 0 Å². The zero-order chi connectivity index (χ0) is 13.0. The Hall–Kier alpha value is -1.85. The molecule has 98 valence electrons. The summed E-state index contributed by atoms with van der Waals surface area (Å²) in [6, 6.07) is 1.93. The molecule has 0 aliphatic heterocycles. The molecule has 1 aromatic rings. The molecule has 0 radical (unpaired) electrons. The van der Waals surface area contributed by atoms with Crippen molar-refractivity contribution in [3.05, 3.63) is 12.4 Å². The van der Waals surface area contributed by atoms with E-state index in [1.165, 1.54) is 13.4 Å². The van der Waals surface area contributed by atoms with Crippen molar-refractivity contribution in [1.82, 2.24) is 9.97 Å². The summed E-state index contributed by atoms with van der Waals surface area (Å²) in [6.45, 7) is -0.0369. The van der Waals surface area contributed by atoms with Gasteiger partial charge in [-0.05, 0) is 12.8 Å². The maximum Gasteiger partial charge on any atom is 0.323 e. The van der Waals surface area contributed by atoms with E-state index in [4.69, 9.17) is 9.84 Å². The van der Waals surface area contributed by atoms with Crippen molar-refractivity contribution in [2.24, 2.45) is 0 Å². The highest BCUT2D eigenvalue weighted by Crippen LogP contribution is 2.27. The maximum absolute atomic E-state index is 11.0. The van der Waals surface area contributed by atoms with Crippen molar-refractivity contribution < 1.29 is 14.6 Å². The molecule has 0 aromatic carbocycles. The predicted molar refractivity (Wildman–Crippen MR) is 65.8 cm³/mol. The summed E-state index contributed by atoms with van der Waals surface area (Å²) in [6.07, 6.45) is 5.71. The van der Waals surface area contributed by atoms with Gasteiger partial charge in [-0.2, -0.15) is 0 Å². The number of carbonyl (C=O) groups is 1. The number of hydrogen-bond donors (Lipinski definition) is 1. The topological polar surface area (TPSA) is 75.5 Å². The van der Waals surface area contributed by atoms with Gasteiger partial charge in [0.15, 0.2) is 0 Å². The molecule has 18 heavy (non-hydrogen) atoms. The normalized spacial score (nSPS) is 15.6. The Morgan fingerprint density at radius 2 is 2.22 bits per heavy atom. The van der Waals surface area contributed by atoms with E-state index in [0.717, 1.165) is 25.7 Å². The largest absolute Gasteiger partial charge is 0.481 e. The summed E-state index contributed by atoms with van der Waals surface area (Å²) in [7, 11) is 1.53. The molecule has 2 rings (SSSR count). The van der Waals surface area contributed by atoms with Gasteiger partial charge in [0, 0.05) is 12.1 Å². The van der Waals surface area contributed by atoms with Gasteiger partial charge in [0.2, 0.25) is 5.88 Å². The first kappa shape index (κ1) is 12.6. The Bertz CT molecular complexity index is 419. The highest BCUT2D eigenvalue weighted by Gasteiger charge is 2.25. The molecule has 0 bridgehead atoms. The minimum absolute atomic E-state index is 0.0369. The van der Waals surface area contributed by atoms with Crippen molar-refractivity contribution in [3.63, 3.8) is 0 Å². The van der Waals surface area contributed by atoms with Crippen LogP contribution in [0.3, 0.4) is 0 Å². The fraction of sp³-hybridized carbons (Fsp3) is 0.583. The van der Waals surface area contributed by atoms with Crippen molar-refractivity contribution in [2.45, 2.75) is 31.7 Å². The van der Waals surface area contributed by atoms with Gasteiger partial charge >= 0.3 is 5.97 Å². The monoisotopic (exact) mass is 251 g/mol. The summed E-state index contributed by atoms with van der Waals surface area (Å²) in [5.41, 5.74) is 0. The molecule has 0 amide bonds. The number of hydrogen-bond acceptors (Lipinski definition) is 5. The van der Waals surface area contributed by atoms with Crippen LogP contribution in [0.1, 0.15) is 25.7 Å². The molecule has 1 N–H and O–H groups in total. The van der Waals surface area contributed by atoms with Crippen molar-refractivity contribution in [2.75, 3.05) is 18.6 Å². The highest BCUT2D eigenvalue weighted by atomic mass is 16.5. The molecule has 6 nitrogen and oxygen atoms in total. The van der Waals surface area contributed by atoms with E-state index < -0.39 is 5.97 Å². The number of aliphatic carboxylic acids is 1. The lowest BCUT2D eigenvalue weighted by atomic mass is 10.2. The number of rotatable bonds is 5. The van der Waals surface area contributed by atoms with Crippen LogP contribution in [0, 0.1) is 0 Å². The molecule has 1 heterocycles. The third-order valence-electron chi connectivity index (χ3n) is 3.20. The number of anilines is 1. The SMILES string of the molecule is COc1cc(N(CC(=O)O)C2CCCC2)ncn1. The summed E-state index contributed by atoms with van der Waals surface area (Å²) >= 11 is 0. The predicted octanol–water partition coefficient (Wildman–Crippen LogP) is 1.32. The Balaban J connectivity index is 2.23. The zero-order valence-corrected chi connectivity index (χ0v) is 10.4. The van der Waals surface area contributed by atoms with Gasteiger partial charge in [-0.3, -0.25) is 4.79 Å². The van der Waals surface area contributed by atoms with E-state index in [0.29, 0.717) is 11.7 Å². The lowest BCUT2D eigenvalue weighted by Gasteiger charge is -2.28. The zero-order valence-electron chi connectivity index (χ0n) is 10.4. The van der Waals surface area contributed by atoms with Crippen LogP contribution in [0.15, 0.2) is 12.4 Å². The van der Waals surface area contributed by atoms with Gasteiger partial charge in [-0.1, -0.05) is 12.8 Å². The second kappa shape index (κ2) is 5.66. The summed E-state index contributed by atoms with van der Waals surface area (Å²) in [4.78, 5) is 20.9. The third kappa shape index (κ3) is 2.88. The lowest BCUT2D eigenvalue weighted by molar-refractivity contribution is -0.135. The molecule has 1 fully saturated rings. The molecule has 0 saturated heterocycles. The van der Waals surface area contributed by atoms with Crippen LogP contribution in [0.2, 0.25) is 0 Å². The highest BCUT2D eigenvalue weighted by molar-refractivity contribution is 5.73. The van der Waals surface area contributed by atoms with Gasteiger partial charge in [0.05, 0.1) is 7.11 Å². The lowest BCUT2D eigenvalue weighted by Crippen LogP contribution is -2.38. The number of ether oxygens (including phenoxy) is 1. The second-order valence-corrected chi connectivity index (χ2v) is 4.38. The van der Waals surface area contributed by atoms with E-state index in [9.17, 15) is 4.79 Å². The molecule has 1 aromatic heterocycles. The molecule has 1 saturated carbocycles. The smallest absolute Gasteiger partial charge is 0.323 e. The average Bonchev–Trinajstić information content (AvgIpc) is 2.89. The van der Waals surface area contributed by atoms with Crippen LogP contribution in [0.25, 0.3) is 0 Å². The molecular formula is C12H17N3O3. The number of aromatic nitrogens is 2. The van der Waals surface area contributed by atoms with Gasteiger partial charge < -0.3 is 14.7 Å². The number of carboxylic acids is 1. The molecular weight excluding hydrogens is 234 g/mol. The van der Waals surface area contributed by atoms with Crippen LogP contribution in [0.5, 0.6) is 5.88 Å². The number of methoxy groups -OCH3 is 1. The van der Waals surface area contributed by atoms with Crippen molar-refractivity contribution in [3.8, 4) is 5.88 Å². The number of nitrogens with zero attached hydrogens (tertiary/aromatic N) is 3. The van der Waals surface area contributed by atoms with E-state index in [1.807, 2.05) is 4.90 Å². The third-order valence-corrected chi connectivity index (χ3v) is 3.20. The van der Waals surface area contributed by atoms with Gasteiger partial charge in [0.1, 0.15) is 18.7 Å². The van der Waals surface area contributed by atoms with Crippen LogP contribution >= 0.6 is 0 Å². The van der Waals surface area contributed by atoms with Crippen LogP contribution in [0.4, 0.5) is 5.82 Å². The summed E-state index contributed by atoms with van der Waals surface area (Å²) < 4.78 is 5.05. The minimum Gasteiger partial charge on any atom is -0.481 e. The van der Waals surface area contributed by atoms with Crippen LogP contribution < -0.4 is 9.64 Å². The standard InChI is InChI=1S/C12H17N3O3/c1-18-11-6-10(13-8-14-11)15(7-12(16)17)9-4-2-3-5-9/h6,8-9H,2-5,7H2,1H3,(H,16,17). The van der Waals surface area contributed by atoms with E-state index in [-0.39, 0.29) is 12.6 Å². The molecule has 0 unspecified atom stereocenters. The first-order valence-corrected chi connectivity index (χ1v) is 6.05. The molecule has 0 spiro atoms. The fourth-order valence-electron chi connectivity index (χ4n) is 2.36. The van der Waals surface area contributed by atoms with Crippen molar-refractivity contribution >= 4 is 11.8 Å². The molecule has 0 atom stereocenters. The first-order valence-electron chi connectivity index (χ1n) is 6.05. The quantitative estimate of drug-likeness (QED) is 0.850. The molecule has 1 aliphatic rings.